The van der Waals surface area contributed by atoms with Crippen LogP contribution in [0.25, 0.3) is 6.08 Å². The summed E-state index contributed by atoms with van der Waals surface area (Å²) in [6.45, 7) is 1.51. The smallest absolute Gasteiger partial charge is 0.142 e. The van der Waals surface area contributed by atoms with E-state index in [0.717, 1.165) is 24.9 Å². The molecule has 14 heavy (non-hydrogen) atoms. The van der Waals surface area contributed by atoms with Crippen molar-refractivity contribution in [2.24, 2.45) is 0 Å². The van der Waals surface area contributed by atoms with Gasteiger partial charge in [0.25, 0.3) is 0 Å². The standard InChI is InChI=1S/C12H12O2/c13-6-1-2-10-3-4-12-9-14-7-5-11(12)8-10/h1-4,6,8H,5,7,9H2/b2-1+. The number of carbonyl (C=O) groups excluding carboxylic acids is 1. The molecule has 1 aliphatic rings. The Kier molecular flexibility index (Phi) is 2.75. The monoisotopic (exact) mass is 188 g/mol. The van der Waals surface area contributed by atoms with Crippen molar-refractivity contribution in [2.45, 2.75) is 13.0 Å². The molecule has 2 heteroatoms. The molecule has 1 heterocycles. The molecule has 0 aliphatic carbocycles. The molecule has 0 radical (unpaired) electrons. The lowest BCUT2D eigenvalue weighted by atomic mass is 10.0. The van der Waals surface area contributed by atoms with Crippen molar-refractivity contribution in [1.82, 2.24) is 0 Å². The summed E-state index contributed by atoms with van der Waals surface area (Å²) >= 11 is 0. The van der Waals surface area contributed by atoms with E-state index in [2.05, 4.69) is 12.1 Å². The van der Waals surface area contributed by atoms with Gasteiger partial charge in [-0.25, -0.2) is 0 Å². The summed E-state index contributed by atoms with van der Waals surface area (Å²) in [5, 5.41) is 0. The van der Waals surface area contributed by atoms with E-state index in [1.807, 2.05) is 12.1 Å². The second-order valence-electron chi connectivity index (χ2n) is 3.33. The number of ether oxygens (including phenoxy) is 1. The largest absolute Gasteiger partial charge is 0.376 e. The molecule has 0 spiro atoms. The summed E-state index contributed by atoms with van der Waals surface area (Å²) in [4.78, 5) is 10.2. The van der Waals surface area contributed by atoms with Crippen LogP contribution >= 0.6 is 0 Å². The Morgan fingerprint density at radius 3 is 3.07 bits per heavy atom. The first-order valence-corrected chi connectivity index (χ1v) is 4.71. The molecular formula is C12H12O2. The van der Waals surface area contributed by atoms with Crippen molar-refractivity contribution in [1.29, 1.82) is 0 Å². The van der Waals surface area contributed by atoms with Crippen molar-refractivity contribution >= 4 is 12.4 Å². The van der Waals surface area contributed by atoms with Crippen LogP contribution in [-0.2, 0) is 22.6 Å². The minimum absolute atomic E-state index is 0.715. The van der Waals surface area contributed by atoms with Crippen LogP contribution in [0.15, 0.2) is 24.3 Å². The van der Waals surface area contributed by atoms with Gasteiger partial charge in [-0.2, -0.15) is 0 Å². The molecule has 0 bridgehead atoms. The number of benzene rings is 1. The molecule has 2 rings (SSSR count). The molecule has 0 aromatic heterocycles. The molecule has 1 aliphatic heterocycles. The molecule has 1 aromatic rings. The van der Waals surface area contributed by atoms with Crippen LogP contribution in [0.4, 0.5) is 0 Å². The second-order valence-corrected chi connectivity index (χ2v) is 3.33. The molecule has 0 atom stereocenters. The van der Waals surface area contributed by atoms with Crippen molar-refractivity contribution in [2.75, 3.05) is 6.61 Å². The zero-order chi connectivity index (χ0) is 9.80. The van der Waals surface area contributed by atoms with E-state index in [1.165, 1.54) is 17.2 Å². The molecular weight excluding hydrogens is 176 g/mol. The first-order chi connectivity index (χ1) is 6.90. The Morgan fingerprint density at radius 2 is 2.21 bits per heavy atom. The highest BCUT2D eigenvalue weighted by molar-refractivity contribution is 5.74. The number of hydrogen-bond donors (Lipinski definition) is 0. The van der Waals surface area contributed by atoms with Crippen LogP contribution < -0.4 is 0 Å². The van der Waals surface area contributed by atoms with Gasteiger partial charge in [-0.15, -0.1) is 0 Å². The Labute approximate surface area is 83.2 Å². The van der Waals surface area contributed by atoms with Gasteiger partial charge in [0.1, 0.15) is 6.29 Å². The fourth-order valence-electron chi connectivity index (χ4n) is 1.64. The van der Waals surface area contributed by atoms with E-state index < -0.39 is 0 Å². The van der Waals surface area contributed by atoms with Crippen LogP contribution in [-0.4, -0.2) is 12.9 Å². The predicted molar refractivity (Wildman–Crippen MR) is 54.9 cm³/mol. The van der Waals surface area contributed by atoms with Gasteiger partial charge >= 0.3 is 0 Å². The number of carbonyl (C=O) groups is 1. The number of rotatable bonds is 2. The van der Waals surface area contributed by atoms with Crippen LogP contribution in [0.2, 0.25) is 0 Å². The van der Waals surface area contributed by atoms with Crippen LogP contribution in [0, 0.1) is 0 Å². The fourth-order valence-corrected chi connectivity index (χ4v) is 1.64. The maximum atomic E-state index is 10.2. The summed E-state index contributed by atoms with van der Waals surface area (Å²) in [6, 6.07) is 6.20. The summed E-state index contributed by atoms with van der Waals surface area (Å²) in [7, 11) is 0. The topological polar surface area (TPSA) is 26.3 Å². The normalized spacial score (nSPS) is 15.4. The first kappa shape index (κ1) is 9.16. The van der Waals surface area contributed by atoms with Gasteiger partial charge in [-0.3, -0.25) is 4.79 Å². The maximum absolute atomic E-state index is 10.2. The van der Waals surface area contributed by atoms with Gasteiger partial charge < -0.3 is 4.74 Å². The lowest BCUT2D eigenvalue weighted by molar-refractivity contribution is -0.104. The zero-order valence-electron chi connectivity index (χ0n) is 7.90. The van der Waals surface area contributed by atoms with Crippen molar-refractivity contribution in [3.05, 3.63) is 41.0 Å². The van der Waals surface area contributed by atoms with Gasteiger partial charge in [0.05, 0.1) is 13.2 Å². The minimum atomic E-state index is 0.715. The summed E-state index contributed by atoms with van der Waals surface area (Å²) in [5.41, 5.74) is 3.68. The minimum Gasteiger partial charge on any atom is -0.376 e. The van der Waals surface area contributed by atoms with Gasteiger partial charge in [0.2, 0.25) is 0 Å². The SMILES string of the molecule is O=C/C=C/c1ccc2c(c1)CCOC2. The first-order valence-electron chi connectivity index (χ1n) is 4.71. The van der Waals surface area contributed by atoms with E-state index in [1.54, 1.807) is 0 Å². The Bertz CT molecular complexity index is 367. The highest BCUT2D eigenvalue weighted by Gasteiger charge is 2.08. The third kappa shape index (κ3) is 1.91. The fraction of sp³-hybridized carbons (Fsp3) is 0.250. The Hall–Kier alpha value is -1.41. The van der Waals surface area contributed by atoms with E-state index in [4.69, 9.17) is 4.74 Å². The molecule has 2 nitrogen and oxygen atoms in total. The summed E-state index contributed by atoms with van der Waals surface area (Å²) in [5.74, 6) is 0. The number of aldehydes is 1. The number of hydrogen-bond acceptors (Lipinski definition) is 2. The van der Waals surface area contributed by atoms with Crippen molar-refractivity contribution < 1.29 is 9.53 Å². The van der Waals surface area contributed by atoms with Crippen molar-refractivity contribution in [3.63, 3.8) is 0 Å². The number of fused-ring (bicyclic) bond motifs is 1. The van der Waals surface area contributed by atoms with Crippen LogP contribution in [0.3, 0.4) is 0 Å². The van der Waals surface area contributed by atoms with Gasteiger partial charge in [0, 0.05) is 0 Å². The highest BCUT2D eigenvalue weighted by Crippen LogP contribution is 2.18. The van der Waals surface area contributed by atoms with Crippen LogP contribution in [0.5, 0.6) is 0 Å². The van der Waals surface area contributed by atoms with E-state index in [9.17, 15) is 4.79 Å². The third-order valence-corrected chi connectivity index (χ3v) is 2.37. The quantitative estimate of drug-likeness (QED) is 0.524. The lowest BCUT2D eigenvalue weighted by Crippen LogP contribution is -2.09. The Morgan fingerprint density at radius 1 is 1.29 bits per heavy atom. The summed E-state index contributed by atoms with van der Waals surface area (Å²) in [6.07, 6.45) is 5.10. The van der Waals surface area contributed by atoms with E-state index >= 15 is 0 Å². The predicted octanol–water partition coefficient (Wildman–Crippen LogP) is 1.97. The molecule has 0 saturated carbocycles. The molecule has 0 unspecified atom stereocenters. The van der Waals surface area contributed by atoms with Gasteiger partial charge in [-0.1, -0.05) is 24.3 Å². The number of allylic oxidation sites excluding steroid dienone is 1. The second kappa shape index (κ2) is 4.20. The maximum Gasteiger partial charge on any atom is 0.142 e. The van der Waals surface area contributed by atoms with Gasteiger partial charge in [0.15, 0.2) is 0 Å². The molecule has 1 aromatic carbocycles. The lowest BCUT2D eigenvalue weighted by Gasteiger charge is -2.16. The molecule has 72 valence electrons. The Balaban J connectivity index is 2.28. The summed E-state index contributed by atoms with van der Waals surface area (Å²) < 4.78 is 5.34. The van der Waals surface area contributed by atoms with E-state index in [-0.39, 0.29) is 0 Å². The zero-order valence-corrected chi connectivity index (χ0v) is 7.90. The molecule has 0 amide bonds. The average molecular weight is 188 g/mol. The van der Waals surface area contributed by atoms with Crippen molar-refractivity contribution in [3.8, 4) is 0 Å². The van der Waals surface area contributed by atoms with Gasteiger partial charge in [-0.05, 0) is 29.2 Å². The third-order valence-electron chi connectivity index (χ3n) is 2.37. The van der Waals surface area contributed by atoms with Crippen LogP contribution in [0.1, 0.15) is 16.7 Å². The molecule has 0 fully saturated rings. The highest BCUT2D eigenvalue weighted by atomic mass is 16.5. The average Bonchev–Trinajstić information content (AvgIpc) is 2.26. The molecule has 0 saturated heterocycles. The molecule has 0 N–H and O–H groups in total. The van der Waals surface area contributed by atoms with E-state index in [0.29, 0.717) is 6.61 Å².